The molecule has 0 aromatic heterocycles. The first kappa shape index (κ1) is 22.6. The predicted octanol–water partition coefficient (Wildman–Crippen LogP) is 3.68. The van der Waals surface area contributed by atoms with E-state index in [0.717, 1.165) is 5.56 Å². The van der Waals surface area contributed by atoms with Crippen LogP contribution in [0.25, 0.3) is 0 Å². The number of hydrogen-bond acceptors (Lipinski definition) is 5. The van der Waals surface area contributed by atoms with Gasteiger partial charge in [0.1, 0.15) is 0 Å². The van der Waals surface area contributed by atoms with E-state index in [9.17, 15) is 19.7 Å². The van der Waals surface area contributed by atoms with E-state index < -0.39 is 10.8 Å². The molecule has 0 unspecified atom stereocenters. The lowest BCUT2D eigenvalue weighted by atomic mass is 10.1. The first-order valence-corrected chi connectivity index (χ1v) is 10.0. The molecule has 2 N–H and O–H groups in total. The minimum atomic E-state index is -0.587. The van der Waals surface area contributed by atoms with Crippen molar-refractivity contribution in [3.63, 3.8) is 0 Å². The molecule has 0 bridgehead atoms. The zero-order valence-electron chi connectivity index (χ0n) is 17.1. The fourth-order valence-electron chi connectivity index (χ4n) is 2.95. The number of nitrogens with one attached hydrogen (secondary N) is 2. The summed E-state index contributed by atoms with van der Waals surface area (Å²) in [6.45, 7) is 0.367. The molecule has 3 rings (SSSR count). The molecule has 0 radical (unpaired) electrons. The molecule has 3 aromatic rings. The van der Waals surface area contributed by atoms with Crippen LogP contribution in [0.1, 0.15) is 26.3 Å². The summed E-state index contributed by atoms with van der Waals surface area (Å²) >= 11 is 5.34. The van der Waals surface area contributed by atoms with Gasteiger partial charge in [0.2, 0.25) is 0 Å². The molecule has 3 aromatic carbocycles. The summed E-state index contributed by atoms with van der Waals surface area (Å²) in [5.41, 5.74) is 1.76. The molecule has 32 heavy (non-hydrogen) atoms. The second-order valence-electron chi connectivity index (χ2n) is 6.81. The number of hydrogen-bond donors (Lipinski definition) is 2. The summed E-state index contributed by atoms with van der Waals surface area (Å²) in [6.07, 6.45) is 0. The number of anilines is 1. The van der Waals surface area contributed by atoms with Gasteiger partial charge in [-0.05, 0) is 36.0 Å². The van der Waals surface area contributed by atoms with E-state index in [4.69, 9.17) is 12.2 Å². The van der Waals surface area contributed by atoms with Crippen molar-refractivity contribution in [3.8, 4) is 0 Å². The van der Waals surface area contributed by atoms with Crippen LogP contribution in [0.3, 0.4) is 0 Å². The third-order valence-corrected chi connectivity index (χ3v) is 5.03. The Kier molecular flexibility index (Phi) is 7.25. The standard InChI is InChI=1S/C23H20N4O4S/c1-26(23(32)25-21(28)17-10-7-11-18(14-17)27(30)31)20-13-6-5-12-19(20)22(29)24-15-16-8-3-2-4-9-16/h2-14H,15H2,1H3,(H,24,29)(H,25,28,32). The second-order valence-corrected chi connectivity index (χ2v) is 7.20. The van der Waals surface area contributed by atoms with Crippen LogP contribution in [0.5, 0.6) is 0 Å². The molecule has 162 valence electrons. The molecule has 0 aliphatic rings. The normalized spacial score (nSPS) is 10.2. The quantitative estimate of drug-likeness (QED) is 0.339. The molecule has 8 nitrogen and oxygen atoms in total. The second kappa shape index (κ2) is 10.3. The summed E-state index contributed by atoms with van der Waals surface area (Å²) in [5, 5.41) is 16.4. The first-order valence-electron chi connectivity index (χ1n) is 9.61. The number of nitro benzene ring substituents is 1. The van der Waals surface area contributed by atoms with Gasteiger partial charge in [-0.15, -0.1) is 0 Å². The van der Waals surface area contributed by atoms with E-state index in [0.29, 0.717) is 17.8 Å². The zero-order chi connectivity index (χ0) is 23.1. The van der Waals surface area contributed by atoms with Crippen molar-refractivity contribution in [1.29, 1.82) is 0 Å². The summed E-state index contributed by atoms with van der Waals surface area (Å²) in [5.74, 6) is -0.874. The summed E-state index contributed by atoms with van der Waals surface area (Å²) in [7, 11) is 1.62. The molecule has 0 aliphatic heterocycles. The number of carbonyl (C=O) groups excluding carboxylic acids is 2. The van der Waals surface area contributed by atoms with Crippen LogP contribution in [-0.2, 0) is 6.54 Å². The summed E-state index contributed by atoms with van der Waals surface area (Å²) in [4.78, 5) is 37.2. The third-order valence-electron chi connectivity index (χ3n) is 4.65. The number of carbonyl (C=O) groups is 2. The highest BCUT2D eigenvalue weighted by Crippen LogP contribution is 2.20. The average molecular weight is 449 g/mol. The monoisotopic (exact) mass is 448 g/mol. The minimum absolute atomic E-state index is 0.0461. The Morgan fingerprint density at radius 2 is 1.66 bits per heavy atom. The molecule has 0 heterocycles. The highest BCUT2D eigenvalue weighted by Gasteiger charge is 2.19. The van der Waals surface area contributed by atoms with Crippen LogP contribution in [0.4, 0.5) is 11.4 Å². The van der Waals surface area contributed by atoms with Gasteiger partial charge in [-0.1, -0.05) is 48.5 Å². The van der Waals surface area contributed by atoms with Crippen molar-refractivity contribution >= 4 is 40.5 Å². The fraction of sp³-hybridized carbons (Fsp3) is 0.0870. The molecule has 9 heteroatoms. The lowest BCUT2D eigenvalue weighted by Gasteiger charge is -2.23. The smallest absolute Gasteiger partial charge is 0.270 e. The third kappa shape index (κ3) is 5.52. The maximum Gasteiger partial charge on any atom is 0.270 e. The van der Waals surface area contributed by atoms with Gasteiger partial charge in [-0.3, -0.25) is 25.0 Å². The van der Waals surface area contributed by atoms with Gasteiger partial charge in [0.15, 0.2) is 5.11 Å². The van der Waals surface area contributed by atoms with Gasteiger partial charge >= 0.3 is 0 Å². The van der Waals surface area contributed by atoms with Gasteiger partial charge in [-0.25, -0.2) is 0 Å². The van der Waals surface area contributed by atoms with Crippen molar-refractivity contribution in [2.75, 3.05) is 11.9 Å². The number of nitro groups is 1. The Morgan fingerprint density at radius 3 is 2.38 bits per heavy atom. The average Bonchev–Trinajstić information content (AvgIpc) is 2.82. The fourth-order valence-corrected chi connectivity index (χ4v) is 3.15. The lowest BCUT2D eigenvalue weighted by Crippen LogP contribution is -2.41. The Balaban J connectivity index is 1.71. The van der Waals surface area contributed by atoms with E-state index in [1.165, 1.54) is 29.2 Å². The SMILES string of the molecule is CN(C(=S)NC(=O)c1cccc([N+](=O)[O-])c1)c1ccccc1C(=O)NCc1ccccc1. The Bertz CT molecular complexity index is 1170. The number of rotatable bonds is 6. The Hall–Kier alpha value is -4.11. The van der Waals surface area contributed by atoms with E-state index in [2.05, 4.69) is 10.6 Å². The van der Waals surface area contributed by atoms with Gasteiger partial charge in [0, 0.05) is 31.3 Å². The first-order chi connectivity index (χ1) is 15.4. The van der Waals surface area contributed by atoms with Crippen LogP contribution >= 0.6 is 12.2 Å². The van der Waals surface area contributed by atoms with E-state index in [-0.39, 0.29) is 22.3 Å². The van der Waals surface area contributed by atoms with Crippen LogP contribution in [0, 0.1) is 10.1 Å². The Morgan fingerprint density at radius 1 is 0.969 bits per heavy atom. The topological polar surface area (TPSA) is 105 Å². The van der Waals surface area contributed by atoms with Gasteiger partial charge in [0.05, 0.1) is 16.2 Å². The van der Waals surface area contributed by atoms with E-state index >= 15 is 0 Å². The van der Waals surface area contributed by atoms with Crippen molar-refractivity contribution in [2.24, 2.45) is 0 Å². The van der Waals surface area contributed by atoms with E-state index in [1.807, 2.05) is 30.3 Å². The van der Waals surface area contributed by atoms with Gasteiger partial charge in [-0.2, -0.15) is 0 Å². The minimum Gasteiger partial charge on any atom is -0.348 e. The molecule has 0 saturated carbocycles. The Labute approximate surface area is 190 Å². The number of benzene rings is 3. The lowest BCUT2D eigenvalue weighted by molar-refractivity contribution is -0.384. The summed E-state index contributed by atoms with van der Waals surface area (Å²) in [6, 6.07) is 21.7. The molecule has 0 saturated heterocycles. The van der Waals surface area contributed by atoms with Crippen LogP contribution in [-0.4, -0.2) is 28.9 Å². The van der Waals surface area contributed by atoms with Gasteiger partial charge in [0.25, 0.3) is 17.5 Å². The van der Waals surface area contributed by atoms with Crippen LogP contribution in [0.15, 0.2) is 78.9 Å². The molecule has 0 spiro atoms. The number of thiocarbonyl (C=S) groups is 1. The number of nitrogens with zero attached hydrogens (tertiary/aromatic N) is 2. The summed E-state index contributed by atoms with van der Waals surface area (Å²) < 4.78 is 0. The molecular weight excluding hydrogens is 428 g/mol. The van der Waals surface area contributed by atoms with Gasteiger partial charge < -0.3 is 10.2 Å². The highest BCUT2D eigenvalue weighted by atomic mass is 32.1. The number of amides is 2. The number of para-hydroxylation sites is 1. The van der Waals surface area contributed by atoms with Crippen LogP contribution < -0.4 is 15.5 Å². The largest absolute Gasteiger partial charge is 0.348 e. The molecule has 0 fully saturated rings. The maximum absolute atomic E-state index is 12.8. The van der Waals surface area contributed by atoms with Crippen molar-refractivity contribution in [1.82, 2.24) is 10.6 Å². The molecule has 2 amide bonds. The highest BCUT2D eigenvalue weighted by molar-refractivity contribution is 7.80. The molecule has 0 aliphatic carbocycles. The predicted molar refractivity (Wildman–Crippen MR) is 126 cm³/mol. The number of non-ortho nitro benzene ring substituents is 1. The molecular formula is C23H20N4O4S. The van der Waals surface area contributed by atoms with Crippen molar-refractivity contribution in [2.45, 2.75) is 6.54 Å². The van der Waals surface area contributed by atoms with Crippen molar-refractivity contribution < 1.29 is 14.5 Å². The molecule has 0 atom stereocenters. The zero-order valence-corrected chi connectivity index (χ0v) is 18.0. The van der Waals surface area contributed by atoms with Crippen molar-refractivity contribution in [3.05, 3.63) is 106 Å². The van der Waals surface area contributed by atoms with Crippen LogP contribution in [0.2, 0.25) is 0 Å². The van der Waals surface area contributed by atoms with E-state index in [1.54, 1.807) is 31.3 Å². The maximum atomic E-state index is 12.8.